The molecule has 0 aromatic heterocycles. The summed E-state index contributed by atoms with van der Waals surface area (Å²) in [5, 5.41) is 36.7. The van der Waals surface area contributed by atoms with Gasteiger partial charge in [0.1, 0.15) is 12.2 Å². The maximum Gasteiger partial charge on any atom is 0.344 e. The van der Waals surface area contributed by atoms with E-state index in [2.05, 4.69) is 4.74 Å². The standard InChI is InChI=1S/C5H9NO6/c7-1-2-3(8)4(9)5(12-2)6(10)11/h2-5,7-9H,1H2/t2-,3-,4+,5+/m1/s1. The molecule has 0 aromatic carbocycles. The van der Waals surface area contributed by atoms with Gasteiger partial charge in [0.15, 0.2) is 6.10 Å². The van der Waals surface area contributed by atoms with Gasteiger partial charge in [-0.15, -0.1) is 0 Å². The van der Waals surface area contributed by atoms with Gasteiger partial charge in [-0.3, -0.25) is 10.1 Å². The lowest BCUT2D eigenvalue weighted by Crippen LogP contribution is -2.36. The quantitative estimate of drug-likeness (QED) is 0.324. The lowest BCUT2D eigenvalue weighted by atomic mass is 10.1. The van der Waals surface area contributed by atoms with Crippen LogP contribution in [0.1, 0.15) is 0 Å². The van der Waals surface area contributed by atoms with Crippen molar-refractivity contribution in [2.75, 3.05) is 6.61 Å². The Morgan fingerprint density at radius 2 is 2.00 bits per heavy atom. The second-order valence-corrected chi connectivity index (χ2v) is 2.51. The van der Waals surface area contributed by atoms with Gasteiger partial charge in [-0.25, -0.2) is 0 Å². The smallest absolute Gasteiger partial charge is 0.344 e. The highest BCUT2D eigenvalue weighted by atomic mass is 16.7. The maximum absolute atomic E-state index is 10.1. The summed E-state index contributed by atoms with van der Waals surface area (Å²) in [7, 11) is 0. The van der Waals surface area contributed by atoms with Crippen molar-refractivity contribution in [3.63, 3.8) is 0 Å². The van der Waals surface area contributed by atoms with E-state index >= 15 is 0 Å². The number of hydrogen-bond acceptors (Lipinski definition) is 6. The first-order valence-corrected chi connectivity index (χ1v) is 3.34. The normalized spacial score (nSPS) is 41.6. The molecule has 1 heterocycles. The minimum atomic E-state index is -1.64. The summed E-state index contributed by atoms with van der Waals surface area (Å²) in [4.78, 5) is 9.30. The average Bonchev–Trinajstić information content (AvgIpc) is 2.30. The van der Waals surface area contributed by atoms with Gasteiger partial charge in [0.25, 0.3) is 0 Å². The van der Waals surface area contributed by atoms with Crippen molar-refractivity contribution in [2.24, 2.45) is 0 Å². The second-order valence-electron chi connectivity index (χ2n) is 2.51. The van der Waals surface area contributed by atoms with Gasteiger partial charge >= 0.3 is 6.23 Å². The molecule has 1 rings (SSSR count). The molecule has 0 amide bonds. The van der Waals surface area contributed by atoms with Crippen LogP contribution in [0.25, 0.3) is 0 Å². The van der Waals surface area contributed by atoms with Gasteiger partial charge in [0, 0.05) is 0 Å². The Morgan fingerprint density at radius 1 is 1.42 bits per heavy atom. The molecule has 0 unspecified atom stereocenters. The number of nitrogens with zero attached hydrogens (tertiary/aromatic N) is 1. The highest BCUT2D eigenvalue weighted by molar-refractivity contribution is 4.85. The molecule has 4 atom stereocenters. The van der Waals surface area contributed by atoms with Gasteiger partial charge in [-0.2, -0.15) is 0 Å². The molecule has 1 aliphatic rings. The molecule has 0 aliphatic carbocycles. The van der Waals surface area contributed by atoms with E-state index in [4.69, 9.17) is 15.3 Å². The van der Waals surface area contributed by atoms with Crippen LogP contribution < -0.4 is 0 Å². The fourth-order valence-corrected chi connectivity index (χ4v) is 1.05. The molecular formula is C5H9NO6. The summed E-state index contributed by atoms with van der Waals surface area (Å²) in [6.45, 7) is -0.553. The first-order chi connectivity index (χ1) is 5.57. The summed E-state index contributed by atoms with van der Waals surface area (Å²) >= 11 is 0. The summed E-state index contributed by atoms with van der Waals surface area (Å²) in [5.74, 6) is 0. The lowest BCUT2D eigenvalue weighted by Gasteiger charge is -2.08. The van der Waals surface area contributed by atoms with Crippen LogP contribution in [0, 0.1) is 10.1 Å². The van der Waals surface area contributed by atoms with Gasteiger partial charge in [-0.05, 0) is 0 Å². The van der Waals surface area contributed by atoms with Crippen molar-refractivity contribution in [1.82, 2.24) is 0 Å². The Morgan fingerprint density at radius 3 is 2.25 bits per heavy atom. The lowest BCUT2D eigenvalue weighted by molar-refractivity contribution is -0.581. The van der Waals surface area contributed by atoms with E-state index in [1.807, 2.05) is 0 Å². The summed E-state index contributed by atoms with van der Waals surface area (Å²) in [5.41, 5.74) is 0. The molecule has 1 fully saturated rings. The first-order valence-electron chi connectivity index (χ1n) is 3.34. The number of aliphatic hydroxyl groups is 3. The van der Waals surface area contributed by atoms with Gasteiger partial charge in [-0.1, -0.05) is 0 Å². The molecule has 1 saturated heterocycles. The molecule has 7 nitrogen and oxygen atoms in total. The van der Waals surface area contributed by atoms with Gasteiger partial charge < -0.3 is 20.1 Å². The van der Waals surface area contributed by atoms with Crippen LogP contribution in [-0.2, 0) is 4.74 Å². The minimum Gasteiger partial charge on any atom is -0.394 e. The van der Waals surface area contributed by atoms with Crippen molar-refractivity contribution in [3.8, 4) is 0 Å². The van der Waals surface area contributed by atoms with E-state index in [-0.39, 0.29) is 0 Å². The van der Waals surface area contributed by atoms with E-state index < -0.39 is 36.1 Å². The van der Waals surface area contributed by atoms with E-state index in [1.54, 1.807) is 0 Å². The zero-order chi connectivity index (χ0) is 9.30. The monoisotopic (exact) mass is 179 g/mol. The topological polar surface area (TPSA) is 113 Å². The van der Waals surface area contributed by atoms with Crippen molar-refractivity contribution >= 4 is 0 Å². The number of nitro groups is 1. The Balaban J connectivity index is 2.66. The maximum atomic E-state index is 10.1. The van der Waals surface area contributed by atoms with E-state index in [9.17, 15) is 10.1 Å². The van der Waals surface area contributed by atoms with E-state index in [0.717, 1.165) is 0 Å². The van der Waals surface area contributed by atoms with Gasteiger partial charge in [0.05, 0.1) is 11.5 Å². The molecule has 0 aromatic rings. The van der Waals surface area contributed by atoms with Crippen molar-refractivity contribution in [1.29, 1.82) is 0 Å². The molecule has 3 N–H and O–H groups in total. The second kappa shape index (κ2) is 3.31. The third-order valence-electron chi connectivity index (χ3n) is 1.72. The fourth-order valence-electron chi connectivity index (χ4n) is 1.05. The minimum absolute atomic E-state index is 0.553. The molecule has 0 spiro atoms. The molecule has 1 aliphatic heterocycles. The molecule has 0 saturated carbocycles. The molecule has 70 valence electrons. The van der Waals surface area contributed by atoms with Crippen LogP contribution in [0.15, 0.2) is 0 Å². The molecular weight excluding hydrogens is 170 g/mol. The highest BCUT2D eigenvalue weighted by Crippen LogP contribution is 2.20. The van der Waals surface area contributed by atoms with Crippen molar-refractivity contribution in [2.45, 2.75) is 24.5 Å². The predicted molar refractivity (Wildman–Crippen MR) is 34.8 cm³/mol. The SMILES string of the molecule is O=[N+]([O-])[C@H]1O[C@H](CO)[C@@H](O)[C@@H]1O. The Hall–Kier alpha value is -0.760. The Kier molecular flexibility index (Phi) is 2.58. The third-order valence-corrected chi connectivity index (χ3v) is 1.72. The molecule has 0 bridgehead atoms. The zero-order valence-corrected chi connectivity index (χ0v) is 6.03. The highest BCUT2D eigenvalue weighted by Gasteiger charge is 2.49. The van der Waals surface area contributed by atoms with Crippen LogP contribution in [0.5, 0.6) is 0 Å². The summed E-state index contributed by atoms with van der Waals surface area (Å²) < 4.78 is 4.55. The first kappa shape index (κ1) is 9.33. The third kappa shape index (κ3) is 1.39. The zero-order valence-electron chi connectivity index (χ0n) is 6.03. The summed E-state index contributed by atoms with van der Waals surface area (Å²) in [6.07, 6.45) is -5.69. The van der Waals surface area contributed by atoms with Crippen molar-refractivity contribution < 1.29 is 25.0 Å². The Labute approximate surface area is 67.3 Å². The fraction of sp³-hybridized carbons (Fsp3) is 1.00. The number of rotatable bonds is 2. The molecule has 12 heavy (non-hydrogen) atoms. The average molecular weight is 179 g/mol. The van der Waals surface area contributed by atoms with Crippen LogP contribution in [0.2, 0.25) is 0 Å². The van der Waals surface area contributed by atoms with E-state index in [1.165, 1.54) is 0 Å². The summed E-state index contributed by atoms with van der Waals surface area (Å²) in [6, 6.07) is 0. The van der Waals surface area contributed by atoms with Crippen molar-refractivity contribution in [3.05, 3.63) is 10.1 Å². The largest absolute Gasteiger partial charge is 0.394 e. The predicted octanol–water partition coefficient (Wildman–Crippen LogP) is -2.30. The number of ether oxygens (including phenoxy) is 1. The van der Waals surface area contributed by atoms with Gasteiger partial charge in [0.2, 0.25) is 0 Å². The van der Waals surface area contributed by atoms with Crippen LogP contribution >= 0.6 is 0 Å². The van der Waals surface area contributed by atoms with Crippen LogP contribution in [0.4, 0.5) is 0 Å². The van der Waals surface area contributed by atoms with Crippen LogP contribution in [0.3, 0.4) is 0 Å². The molecule has 7 heteroatoms. The Bertz CT molecular complexity index is 185. The number of aliphatic hydroxyl groups excluding tert-OH is 3. The van der Waals surface area contributed by atoms with Crippen LogP contribution in [-0.4, -0.2) is 51.4 Å². The number of hydrogen-bond donors (Lipinski definition) is 3. The molecule has 0 radical (unpaired) electrons. The van der Waals surface area contributed by atoms with E-state index in [0.29, 0.717) is 0 Å².